The van der Waals surface area contributed by atoms with Gasteiger partial charge in [-0.1, -0.05) is 17.3 Å². The normalized spacial score (nSPS) is 18.3. The molecule has 2 heterocycles. The van der Waals surface area contributed by atoms with Crippen LogP contribution in [-0.4, -0.2) is 55.1 Å². The van der Waals surface area contributed by atoms with Crippen molar-refractivity contribution in [1.29, 1.82) is 0 Å². The van der Waals surface area contributed by atoms with Crippen LogP contribution in [0.5, 0.6) is 0 Å². The molecule has 0 bridgehead atoms. The smallest absolute Gasteiger partial charge is 0.338 e. The molecular formula is C20H23N3O5S2. The third kappa shape index (κ3) is 4.80. The summed E-state index contributed by atoms with van der Waals surface area (Å²) < 4.78 is 32.5. The van der Waals surface area contributed by atoms with Crippen molar-refractivity contribution >= 4 is 43.5 Å². The van der Waals surface area contributed by atoms with Crippen LogP contribution >= 0.6 is 11.3 Å². The Hall–Kier alpha value is -2.48. The predicted molar refractivity (Wildman–Crippen MR) is 114 cm³/mol. The number of carbonyl (C=O) groups excluding carboxylic acids is 2. The van der Waals surface area contributed by atoms with Gasteiger partial charge >= 0.3 is 5.97 Å². The van der Waals surface area contributed by atoms with Crippen molar-refractivity contribution < 1.29 is 22.7 Å². The maximum absolute atomic E-state index is 12.8. The van der Waals surface area contributed by atoms with E-state index in [1.165, 1.54) is 15.6 Å². The number of carbonyl (C=O) groups is 2. The third-order valence-electron chi connectivity index (χ3n) is 4.85. The molecule has 0 spiro atoms. The number of benzene rings is 1. The van der Waals surface area contributed by atoms with Gasteiger partial charge in [-0.2, -0.15) is 4.99 Å². The van der Waals surface area contributed by atoms with Crippen LogP contribution in [0.1, 0.15) is 30.1 Å². The van der Waals surface area contributed by atoms with Gasteiger partial charge in [0.25, 0.3) is 5.91 Å². The number of aromatic nitrogens is 1. The summed E-state index contributed by atoms with van der Waals surface area (Å²) in [7, 11) is -3.35. The first-order valence-corrected chi connectivity index (χ1v) is 12.2. The van der Waals surface area contributed by atoms with E-state index in [2.05, 4.69) is 10.9 Å². The number of nitrogens with zero attached hydrogens (tertiary/aromatic N) is 3. The molecule has 1 aliphatic heterocycles. The average molecular weight is 450 g/mol. The summed E-state index contributed by atoms with van der Waals surface area (Å²) in [6, 6.07) is 5.10. The SMILES string of the molecule is C#CCn1c(=NC(=O)C2CCCN(S(C)(=O)=O)C2)sc2cc(C(=O)OCC)ccc21. The molecule has 3 rings (SSSR count). The number of thiazole rings is 1. The van der Waals surface area contributed by atoms with Crippen LogP contribution in [-0.2, 0) is 26.1 Å². The minimum atomic E-state index is -3.35. The fourth-order valence-corrected chi connectivity index (χ4v) is 5.36. The van der Waals surface area contributed by atoms with E-state index < -0.39 is 21.9 Å². The topological polar surface area (TPSA) is 98.0 Å². The molecule has 0 radical (unpaired) electrons. The average Bonchev–Trinajstić information content (AvgIpc) is 3.04. The molecule has 0 saturated carbocycles. The Labute approximate surface area is 179 Å². The second-order valence-electron chi connectivity index (χ2n) is 6.99. The third-order valence-corrected chi connectivity index (χ3v) is 7.16. The second kappa shape index (κ2) is 9.12. The zero-order chi connectivity index (χ0) is 21.9. The molecule has 10 heteroatoms. The van der Waals surface area contributed by atoms with E-state index >= 15 is 0 Å². The van der Waals surface area contributed by atoms with Gasteiger partial charge in [-0.3, -0.25) is 4.79 Å². The Morgan fingerprint density at radius 3 is 2.83 bits per heavy atom. The lowest BCUT2D eigenvalue weighted by molar-refractivity contribution is -0.122. The number of sulfonamides is 1. The number of amides is 1. The minimum Gasteiger partial charge on any atom is -0.462 e. The van der Waals surface area contributed by atoms with Crippen molar-refractivity contribution in [3.8, 4) is 12.3 Å². The van der Waals surface area contributed by atoms with Gasteiger partial charge in [-0.15, -0.1) is 6.42 Å². The van der Waals surface area contributed by atoms with Gasteiger partial charge in [-0.05, 0) is 38.0 Å². The van der Waals surface area contributed by atoms with Crippen molar-refractivity contribution in [2.75, 3.05) is 26.0 Å². The molecule has 1 aromatic heterocycles. The van der Waals surface area contributed by atoms with Crippen molar-refractivity contribution in [1.82, 2.24) is 8.87 Å². The number of ether oxygens (including phenoxy) is 1. The number of hydrogen-bond acceptors (Lipinski definition) is 6. The van der Waals surface area contributed by atoms with E-state index in [9.17, 15) is 18.0 Å². The fourth-order valence-electron chi connectivity index (χ4n) is 3.37. The predicted octanol–water partition coefficient (Wildman–Crippen LogP) is 1.61. The van der Waals surface area contributed by atoms with E-state index in [-0.39, 0.29) is 25.6 Å². The molecule has 0 aliphatic carbocycles. The molecule has 1 amide bonds. The first-order chi connectivity index (χ1) is 14.2. The Balaban J connectivity index is 1.98. The van der Waals surface area contributed by atoms with Gasteiger partial charge in [-0.25, -0.2) is 17.5 Å². The Bertz CT molecular complexity index is 1190. The fraction of sp³-hybridized carbons (Fsp3) is 0.450. The lowest BCUT2D eigenvalue weighted by Gasteiger charge is -2.28. The first-order valence-electron chi connectivity index (χ1n) is 9.52. The van der Waals surface area contributed by atoms with Crippen molar-refractivity contribution in [2.45, 2.75) is 26.3 Å². The number of rotatable bonds is 5. The second-order valence-corrected chi connectivity index (χ2v) is 9.98. The van der Waals surface area contributed by atoms with E-state index in [0.717, 1.165) is 16.5 Å². The molecule has 1 fully saturated rings. The lowest BCUT2D eigenvalue weighted by Crippen LogP contribution is -2.41. The van der Waals surface area contributed by atoms with Gasteiger partial charge in [0.1, 0.15) is 0 Å². The molecule has 0 N–H and O–H groups in total. The van der Waals surface area contributed by atoms with Crippen molar-refractivity contribution in [3.05, 3.63) is 28.6 Å². The van der Waals surface area contributed by atoms with Crippen LogP contribution < -0.4 is 4.80 Å². The monoisotopic (exact) mass is 449 g/mol. The molecule has 160 valence electrons. The quantitative estimate of drug-likeness (QED) is 0.510. The van der Waals surface area contributed by atoms with Crippen molar-refractivity contribution in [2.24, 2.45) is 10.9 Å². The molecule has 8 nitrogen and oxygen atoms in total. The largest absolute Gasteiger partial charge is 0.462 e. The van der Waals surface area contributed by atoms with Gasteiger partial charge < -0.3 is 9.30 Å². The summed E-state index contributed by atoms with van der Waals surface area (Å²) >= 11 is 1.25. The summed E-state index contributed by atoms with van der Waals surface area (Å²) in [6.45, 7) is 2.78. The van der Waals surface area contributed by atoms with E-state index in [1.807, 2.05) is 0 Å². The highest BCUT2D eigenvalue weighted by molar-refractivity contribution is 7.88. The zero-order valence-corrected chi connectivity index (χ0v) is 18.5. The van der Waals surface area contributed by atoms with Gasteiger partial charge in [0.05, 0.1) is 41.1 Å². The maximum atomic E-state index is 12.8. The molecule has 1 aliphatic rings. The summed E-state index contributed by atoms with van der Waals surface area (Å²) in [5.74, 6) is 1.28. The van der Waals surface area contributed by atoms with Crippen LogP contribution in [0.3, 0.4) is 0 Å². The molecule has 1 saturated heterocycles. The molecular weight excluding hydrogens is 426 g/mol. The summed E-state index contributed by atoms with van der Waals surface area (Å²) in [5.41, 5.74) is 1.17. The molecule has 2 aromatic rings. The minimum absolute atomic E-state index is 0.133. The number of hydrogen-bond donors (Lipinski definition) is 0. The summed E-state index contributed by atoms with van der Waals surface area (Å²) in [6.07, 6.45) is 7.84. The summed E-state index contributed by atoms with van der Waals surface area (Å²) in [4.78, 5) is 29.5. The number of fused-ring (bicyclic) bond motifs is 1. The Morgan fingerprint density at radius 2 is 2.17 bits per heavy atom. The van der Waals surface area contributed by atoms with Gasteiger partial charge in [0.2, 0.25) is 10.0 Å². The first kappa shape index (κ1) is 22.2. The molecule has 30 heavy (non-hydrogen) atoms. The van der Waals surface area contributed by atoms with Gasteiger partial charge in [0.15, 0.2) is 4.80 Å². The highest BCUT2D eigenvalue weighted by Gasteiger charge is 2.30. The Morgan fingerprint density at radius 1 is 1.40 bits per heavy atom. The van der Waals surface area contributed by atoms with Gasteiger partial charge in [0, 0.05) is 13.1 Å². The van der Waals surface area contributed by atoms with Crippen LogP contribution in [0, 0.1) is 18.3 Å². The highest BCUT2D eigenvalue weighted by Crippen LogP contribution is 2.22. The van der Waals surface area contributed by atoms with E-state index in [0.29, 0.717) is 29.8 Å². The summed E-state index contributed by atoms with van der Waals surface area (Å²) in [5, 5.41) is 0. The number of esters is 1. The zero-order valence-electron chi connectivity index (χ0n) is 16.8. The molecule has 1 unspecified atom stereocenters. The lowest BCUT2D eigenvalue weighted by atomic mass is 9.99. The highest BCUT2D eigenvalue weighted by atomic mass is 32.2. The van der Waals surface area contributed by atoms with Crippen LogP contribution in [0.2, 0.25) is 0 Å². The van der Waals surface area contributed by atoms with E-state index in [4.69, 9.17) is 11.2 Å². The maximum Gasteiger partial charge on any atom is 0.338 e. The van der Waals surface area contributed by atoms with Crippen LogP contribution in [0.4, 0.5) is 0 Å². The van der Waals surface area contributed by atoms with Crippen LogP contribution in [0.15, 0.2) is 23.2 Å². The number of piperidine rings is 1. The molecule has 1 aromatic carbocycles. The number of terminal acetylenes is 1. The molecule has 1 atom stereocenters. The van der Waals surface area contributed by atoms with Crippen LogP contribution in [0.25, 0.3) is 10.2 Å². The van der Waals surface area contributed by atoms with Crippen molar-refractivity contribution in [3.63, 3.8) is 0 Å². The van der Waals surface area contributed by atoms with E-state index in [1.54, 1.807) is 29.7 Å². The Kier molecular flexibility index (Phi) is 6.75. The standard InChI is InChI=1S/C20H23N3O5S2/c1-4-10-23-16-9-8-14(19(25)28-5-2)12-17(16)29-20(23)21-18(24)15-7-6-11-22(13-15)30(3,26)27/h1,8-9,12,15H,5-7,10-11,13H2,2-3H3.